The number of nitrogens with one attached hydrogen (secondary N) is 2. The molecule has 0 atom stereocenters. The molecule has 0 aliphatic carbocycles. The van der Waals surface area contributed by atoms with Crippen molar-refractivity contribution in [3.63, 3.8) is 0 Å². The van der Waals surface area contributed by atoms with Gasteiger partial charge in [0, 0.05) is 24.3 Å². The van der Waals surface area contributed by atoms with Gasteiger partial charge in [-0.25, -0.2) is 9.37 Å². The SMILES string of the molecule is Cc1cc(NC(C)C)nc(NCCc2ccccc2F)n1. The Bertz CT molecular complexity index is 599. The lowest BCUT2D eigenvalue weighted by atomic mass is 10.1. The normalized spacial score (nSPS) is 10.7. The predicted octanol–water partition coefficient (Wildman–Crippen LogP) is 3.40. The molecule has 1 aromatic carbocycles. The number of benzene rings is 1. The van der Waals surface area contributed by atoms with E-state index in [2.05, 4.69) is 34.4 Å². The van der Waals surface area contributed by atoms with E-state index >= 15 is 0 Å². The molecule has 2 rings (SSSR count). The Morgan fingerprint density at radius 1 is 1.19 bits per heavy atom. The summed E-state index contributed by atoms with van der Waals surface area (Å²) in [7, 11) is 0. The molecule has 0 radical (unpaired) electrons. The minimum absolute atomic E-state index is 0.174. The maximum absolute atomic E-state index is 13.5. The van der Waals surface area contributed by atoms with Gasteiger partial charge in [0.05, 0.1) is 0 Å². The van der Waals surface area contributed by atoms with Crippen LogP contribution in [-0.2, 0) is 6.42 Å². The average molecular weight is 288 g/mol. The Hall–Kier alpha value is -2.17. The monoisotopic (exact) mass is 288 g/mol. The van der Waals surface area contributed by atoms with Crippen LogP contribution in [0.1, 0.15) is 25.1 Å². The second-order valence-corrected chi connectivity index (χ2v) is 5.29. The number of hydrogen-bond donors (Lipinski definition) is 2. The van der Waals surface area contributed by atoms with Crippen molar-refractivity contribution >= 4 is 11.8 Å². The predicted molar refractivity (Wildman–Crippen MR) is 84.1 cm³/mol. The second-order valence-electron chi connectivity index (χ2n) is 5.29. The van der Waals surface area contributed by atoms with Gasteiger partial charge in [-0.15, -0.1) is 0 Å². The van der Waals surface area contributed by atoms with Crippen molar-refractivity contribution in [2.75, 3.05) is 17.2 Å². The maximum Gasteiger partial charge on any atom is 0.224 e. The zero-order valence-electron chi connectivity index (χ0n) is 12.7. The minimum Gasteiger partial charge on any atom is -0.368 e. The summed E-state index contributed by atoms with van der Waals surface area (Å²) in [5.74, 6) is 1.19. The molecule has 21 heavy (non-hydrogen) atoms. The fourth-order valence-electron chi connectivity index (χ4n) is 2.03. The molecule has 1 heterocycles. The van der Waals surface area contributed by atoms with Crippen LogP contribution in [0, 0.1) is 12.7 Å². The van der Waals surface area contributed by atoms with Crippen molar-refractivity contribution in [2.45, 2.75) is 33.2 Å². The number of aryl methyl sites for hydroxylation is 1. The average Bonchev–Trinajstić information content (AvgIpc) is 2.39. The zero-order chi connectivity index (χ0) is 15.2. The van der Waals surface area contributed by atoms with Gasteiger partial charge < -0.3 is 10.6 Å². The van der Waals surface area contributed by atoms with E-state index in [1.807, 2.05) is 19.1 Å². The van der Waals surface area contributed by atoms with Gasteiger partial charge in [0.1, 0.15) is 11.6 Å². The van der Waals surface area contributed by atoms with Crippen LogP contribution in [0.2, 0.25) is 0 Å². The quantitative estimate of drug-likeness (QED) is 0.855. The fourth-order valence-corrected chi connectivity index (χ4v) is 2.03. The van der Waals surface area contributed by atoms with Crippen LogP contribution < -0.4 is 10.6 Å². The molecular formula is C16H21FN4. The lowest BCUT2D eigenvalue weighted by Crippen LogP contribution is -2.14. The highest BCUT2D eigenvalue weighted by atomic mass is 19.1. The topological polar surface area (TPSA) is 49.8 Å². The van der Waals surface area contributed by atoms with Crippen LogP contribution in [0.15, 0.2) is 30.3 Å². The van der Waals surface area contributed by atoms with E-state index < -0.39 is 0 Å². The van der Waals surface area contributed by atoms with E-state index in [9.17, 15) is 4.39 Å². The third-order valence-corrected chi connectivity index (χ3v) is 2.93. The number of hydrogen-bond acceptors (Lipinski definition) is 4. The molecule has 112 valence electrons. The molecule has 0 aliphatic rings. The summed E-state index contributed by atoms with van der Waals surface area (Å²) in [6.45, 7) is 6.63. The van der Waals surface area contributed by atoms with Gasteiger partial charge in [0.25, 0.3) is 0 Å². The van der Waals surface area contributed by atoms with Crippen molar-refractivity contribution in [2.24, 2.45) is 0 Å². The van der Waals surface area contributed by atoms with Gasteiger partial charge in [-0.05, 0) is 38.8 Å². The lowest BCUT2D eigenvalue weighted by Gasteiger charge is -2.12. The largest absolute Gasteiger partial charge is 0.368 e. The van der Waals surface area contributed by atoms with Crippen LogP contribution in [0.25, 0.3) is 0 Å². The Balaban J connectivity index is 1.97. The number of halogens is 1. The Labute approximate surface area is 124 Å². The van der Waals surface area contributed by atoms with Crippen molar-refractivity contribution in [1.82, 2.24) is 9.97 Å². The van der Waals surface area contributed by atoms with E-state index in [4.69, 9.17) is 0 Å². The van der Waals surface area contributed by atoms with Crippen LogP contribution >= 0.6 is 0 Å². The smallest absolute Gasteiger partial charge is 0.224 e. The first kappa shape index (κ1) is 15.2. The van der Waals surface area contributed by atoms with Gasteiger partial charge >= 0.3 is 0 Å². The Kier molecular flexibility index (Phi) is 5.09. The van der Waals surface area contributed by atoms with Crippen LogP contribution in [0.5, 0.6) is 0 Å². The third-order valence-electron chi connectivity index (χ3n) is 2.93. The first-order valence-electron chi connectivity index (χ1n) is 7.14. The summed E-state index contributed by atoms with van der Waals surface area (Å²) >= 11 is 0. The molecule has 2 aromatic rings. The molecule has 1 aromatic heterocycles. The van der Waals surface area contributed by atoms with Crippen LogP contribution in [0.3, 0.4) is 0 Å². The molecule has 0 amide bonds. The number of aromatic nitrogens is 2. The molecule has 0 spiro atoms. The molecular weight excluding hydrogens is 267 g/mol. The zero-order valence-corrected chi connectivity index (χ0v) is 12.7. The molecule has 5 heteroatoms. The number of anilines is 2. The van der Waals surface area contributed by atoms with Crippen LogP contribution in [-0.4, -0.2) is 22.6 Å². The Morgan fingerprint density at radius 2 is 1.95 bits per heavy atom. The molecule has 0 saturated carbocycles. The van der Waals surface area contributed by atoms with Crippen molar-refractivity contribution in [3.8, 4) is 0 Å². The molecule has 4 nitrogen and oxygen atoms in total. The van der Waals surface area contributed by atoms with E-state index in [1.165, 1.54) is 6.07 Å². The van der Waals surface area contributed by atoms with Gasteiger partial charge in [0.15, 0.2) is 0 Å². The van der Waals surface area contributed by atoms with E-state index in [1.54, 1.807) is 12.1 Å². The highest BCUT2D eigenvalue weighted by Gasteiger charge is 2.04. The summed E-state index contributed by atoms with van der Waals surface area (Å²) in [6, 6.07) is 9.02. The standard InChI is InChI=1S/C16H21FN4/c1-11(2)19-15-10-12(3)20-16(21-15)18-9-8-13-6-4-5-7-14(13)17/h4-7,10-11H,8-9H2,1-3H3,(H2,18,19,20,21). The first-order valence-corrected chi connectivity index (χ1v) is 7.14. The van der Waals surface area contributed by atoms with Crippen molar-refractivity contribution < 1.29 is 4.39 Å². The van der Waals surface area contributed by atoms with E-state index in [0.29, 0.717) is 30.5 Å². The fraction of sp³-hybridized carbons (Fsp3) is 0.375. The molecule has 2 N–H and O–H groups in total. The summed E-state index contributed by atoms with van der Waals surface area (Å²) in [5, 5.41) is 6.40. The summed E-state index contributed by atoms with van der Waals surface area (Å²) in [5.41, 5.74) is 1.58. The van der Waals surface area contributed by atoms with Gasteiger partial charge in [-0.1, -0.05) is 18.2 Å². The number of rotatable bonds is 6. The summed E-state index contributed by atoms with van der Waals surface area (Å²) < 4.78 is 13.5. The summed E-state index contributed by atoms with van der Waals surface area (Å²) in [4.78, 5) is 8.74. The van der Waals surface area contributed by atoms with E-state index in [-0.39, 0.29) is 5.82 Å². The first-order chi connectivity index (χ1) is 10.0. The molecule has 0 bridgehead atoms. The van der Waals surface area contributed by atoms with Crippen molar-refractivity contribution in [3.05, 3.63) is 47.4 Å². The molecule has 0 aliphatic heterocycles. The molecule has 0 saturated heterocycles. The van der Waals surface area contributed by atoms with Gasteiger partial charge in [-0.3, -0.25) is 0 Å². The molecule has 0 unspecified atom stereocenters. The highest BCUT2D eigenvalue weighted by molar-refractivity contribution is 5.42. The maximum atomic E-state index is 13.5. The lowest BCUT2D eigenvalue weighted by molar-refractivity contribution is 0.610. The Morgan fingerprint density at radius 3 is 2.67 bits per heavy atom. The summed E-state index contributed by atoms with van der Waals surface area (Å²) in [6.07, 6.45) is 0.594. The highest BCUT2D eigenvalue weighted by Crippen LogP contribution is 2.11. The minimum atomic E-state index is -0.174. The van der Waals surface area contributed by atoms with Gasteiger partial charge in [-0.2, -0.15) is 4.98 Å². The molecule has 0 fully saturated rings. The van der Waals surface area contributed by atoms with Gasteiger partial charge in [0.2, 0.25) is 5.95 Å². The number of nitrogens with zero attached hydrogens (tertiary/aromatic N) is 2. The van der Waals surface area contributed by atoms with Crippen LogP contribution in [0.4, 0.5) is 16.2 Å². The van der Waals surface area contributed by atoms with E-state index in [0.717, 1.165) is 11.5 Å². The second kappa shape index (κ2) is 7.02. The third kappa shape index (κ3) is 4.70. The van der Waals surface area contributed by atoms with Crippen molar-refractivity contribution in [1.29, 1.82) is 0 Å².